The number of rotatable bonds is 3. The third-order valence-corrected chi connectivity index (χ3v) is 3.13. The molecule has 84 valence electrons. The zero-order chi connectivity index (χ0) is 11.5. The Balaban J connectivity index is 2.74. The molecule has 0 saturated heterocycles. The van der Waals surface area contributed by atoms with Gasteiger partial charge in [0, 0.05) is 16.8 Å². The number of hydrogen-bond acceptors (Lipinski definition) is 1. The van der Waals surface area contributed by atoms with Crippen LogP contribution in [0.2, 0.25) is 0 Å². The summed E-state index contributed by atoms with van der Waals surface area (Å²) in [5.41, 5.74) is 3.89. The Morgan fingerprint density at radius 2 is 1.75 bits per heavy atom. The lowest BCUT2D eigenvalue weighted by Crippen LogP contribution is -2.00. The Labute approximate surface area is 97.5 Å². The summed E-state index contributed by atoms with van der Waals surface area (Å²) in [6.07, 6.45) is 3.33. The van der Waals surface area contributed by atoms with Gasteiger partial charge in [0.2, 0.25) is 0 Å². The summed E-state index contributed by atoms with van der Waals surface area (Å²) in [6.45, 7) is 6.55. The van der Waals surface area contributed by atoms with Crippen LogP contribution in [0.1, 0.15) is 37.2 Å². The van der Waals surface area contributed by atoms with E-state index in [4.69, 9.17) is 4.98 Å². The zero-order valence-corrected chi connectivity index (χ0v) is 10.4. The van der Waals surface area contributed by atoms with Crippen molar-refractivity contribution in [1.82, 2.24) is 4.98 Å². The summed E-state index contributed by atoms with van der Waals surface area (Å²) in [5.74, 6) is 0. The van der Waals surface area contributed by atoms with Crippen LogP contribution in [0, 0.1) is 6.92 Å². The second-order valence-electron chi connectivity index (χ2n) is 4.27. The number of hydrogen-bond donors (Lipinski definition) is 0. The minimum Gasteiger partial charge on any atom is -0.257 e. The third kappa shape index (κ3) is 1.82. The lowest BCUT2D eigenvalue weighted by molar-refractivity contribution is 0.856. The highest BCUT2D eigenvalue weighted by molar-refractivity contribution is 5.88. The van der Waals surface area contributed by atoms with Crippen molar-refractivity contribution < 1.29 is 0 Å². The standard InChI is InChI=1S/C15H19N/c1-4-8-15-12(5-2)14-10-7-6-9-13(14)11(3)16-15/h6-7,9-10H,4-5,8H2,1-3H3. The molecule has 0 aliphatic rings. The summed E-state index contributed by atoms with van der Waals surface area (Å²) in [7, 11) is 0. The molecule has 1 heterocycles. The molecule has 0 atom stereocenters. The van der Waals surface area contributed by atoms with Gasteiger partial charge in [0.05, 0.1) is 0 Å². The summed E-state index contributed by atoms with van der Waals surface area (Å²) >= 11 is 0. The molecule has 0 aliphatic carbocycles. The summed E-state index contributed by atoms with van der Waals surface area (Å²) in [4.78, 5) is 4.76. The minimum absolute atomic E-state index is 1.07. The Kier molecular flexibility index (Phi) is 3.23. The molecule has 0 unspecified atom stereocenters. The molecule has 0 aliphatic heterocycles. The third-order valence-electron chi connectivity index (χ3n) is 3.13. The maximum absolute atomic E-state index is 4.76. The van der Waals surface area contributed by atoms with Gasteiger partial charge in [0.25, 0.3) is 0 Å². The number of benzene rings is 1. The molecule has 0 fully saturated rings. The smallest absolute Gasteiger partial charge is 0.0454 e. The molecular formula is C15H19N. The van der Waals surface area contributed by atoms with E-state index in [0.717, 1.165) is 25.0 Å². The molecular weight excluding hydrogens is 194 g/mol. The van der Waals surface area contributed by atoms with Crippen molar-refractivity contribution in [3.8, 4) is 0 Å². The largest absolute Gasteiger partial charge is 0.257 e. The number of aromatic nitrogens is 1. The SMILES string of the molecule is CCCc1nc(C)c2ccccc2c1CC. The average Bonchev–Trinajstić information content (AvgIpc) is 2.30. The molecule has 16 heavy (non-hydrogen) atoms. The van der Waals surface area contributed by atoms with Crippen molar-refractivity contribution >= 4 is 10.8 Å². The van der Waals surface area contributed by atoms with Crippen LogP contribution in [0.4, 0.5) is 0 Å². The van der Waals surface area contributed by atoms with Crippen molar-refractivity contribution in [3.63, 3.8) is 0 Å². The van der Waals surface area contributed by atoms with Crippen molar-refractivity contribution in [1.29, 1.82) is 0 Å². The zero-order valence-electron chi connectivity index (χ0n) is 10.4. The van der Waals surface area contributed by atoms with Gasteiger partial charge in [0.15, 0.2) is 0 Å². The van der Waals surface area contributed by atoms with E-state index in [-0.39, 0.29) is 0 Å². The molecule has 0 N–H and O–H groups in total. The predicted molar refractivity (Wildman–Crippen MR) is 69.9 cm³/mol. The van der Waals surface area contributed by atoms with Gasteiger partial charge in [-0.05, 0) is 30.7 Å². The topological polar surface area (TPSA) is 12.9 Å². The van der Waals surface area contributed by atoms with E-state index in [2.05, 4.69) is 45.0 Å². The highest BCUT2D eigenvalue weighted by atomic mass is 14.7. The molecule has 0 saturated carbocycles. The molecule has 0 amide bonds. The number of fused-ring (bicyclic) bond motifs is 1. The fourth-order valence-electron chi connectivity index (χ4n) is 2.39. The molecule has 1 aromatic carbocycles. The maximum Gasteiger partial charge on any atom is 0.0454 e. The second-order valence-corrected chi connectivity index (χ2v) is 4.27. The van der Waals surface area contributed by atoms with Crippen LogP contribution in [0.5, 0.6) is 0 Å². The van der Waals surface area contributed by atoms with E-state index in [1.165, 1.54) is 22.0 Å². The Morgan fingerprint density at radius 1 is 1.06 bits per heavy atom. The maximum atomic E-state index is 4.76. The lowest BCUT2D eigenvalue weighted by Gasteiger charge is -2.12. The summed E-state index contributed by atoms with van der Waals surface area (Å²) < 4.78 is 0. The summed E-state index contributed by atoms with van der Waals surface area (Å²) in [6, 6.07) is 8.61. The van der Waals surface area contributed by atoms with Crippen LogP contribution in [0.3, 0.4) is 0 Å². The van der Waals surface area contributed by atoms with Crippen LogP contribution in [0.15, 0.2) is 24.3 Å². The first-order chi connectivity index (χ1) is 7.77. The fraction of sp³-hybridized carbons (Fsp3) is 0.400. The quantitative estimate of drug-likeness (QED) is 0.749. The Bertz CT molecular complexity index is 500. The van der Waals surface area contributed by atoms with E-state index in [0.29, 0.717) is 0 Å². The Morgan fingerprint density at radius 3 is 2.38 bits per heavy atom. The van der Waals surface area contributed by atoms with Crippen LogP contribution < -0.4 is 0 Å². The van der Waals surface area contributed by atoms with Crippen LogP contribution in [0.25, 0.3) is 10.8 Å². The molecule has 2 aromatic rings. The molecule has 1 nitrogen and oxygen atoms in total. The molecule has 1 aromatic heterocycles. The van der Waals surface area contributed by atoms with Crippen molar-refractivity contribution in [2.45, 2.75) is 40.0 Å². The lowest BCUT2D eigenvalue weighted by atomic mass is 9.98. The van der Waals surface area contributed by atoms with E-state index in [9.17, 15) is 0 Å². The van der Waals surface area contributed by atoms with Gasteiger partial charge in [-0.15, -0.1) is 0 Å². The average molecular weight is 213 g/mol. The number of aryl methyl sites for hydroxylation is 3. The minimum atomic E-state index is 1.07. The van der Waals surface area contributed by atoms with Gasteiger partial charge in [-0.2, -0.15) is 0 Å². The van der Waals surface area contributed by atoms with Crippen molar-refractivity contribution in [2.24, 2.45) is 0 Å². The van der Waals surface area contributed by atoms with E-state index >= 15 is 0 Å². The number of pyridine rings is 1. The highest BCUT2D eigenvalue weighted by Gasteiger charge is 2.09. The second kappa shape index (κ2) is 4.65. The first-order valence-electron chi connectivity index (χ1n) is 6.15. The molecule has 0 bridgehead atoms. The van der Waals surface area contributed by atoms with E-state index < -0.39 is 0 Å². The number of nitrogens with zero attached hydrogens (tertiary/aromatic N) is 1. The highest BCUT2D eigenvalue weighted by Crippen LogP contribution is 2.24. The molecule has 0 spiro atoms. The molecule has 1 heteroatoms. The van der Waals surface area contributed by atoms with Gasteiger partial charge in [-0.25, -0.2) is 0 Å². The van der Waals surface area contributed by atoms with Crippen LogP contribution in [-0.2, 0) is 12.8 Å². The van der Waals surface area contributed by atoms with Gasteiger partial charge < -0.3 is 0 Å². The van der Waals surface area contributed by atoms with Gasteiger partial charge in [0.1, 0.15) is 0 Å². The molecule has 2 rings (SSSR count). The van der Waals surface area contributed by atoms with Crippen LogP contribution >= 0.6 is 0 Å². The van der Waals surface area contributed by atoms with Crippen LogP contribution in [-0.4, -0.2) is 4.98 Å². The van der Waals surface area contributed by atoms with Gasteiger partial charge >= 0.3 is 0 Å². The van der Waals surface area contributed by atoms with E-state index in [1.807, 2.05) is 0 Å². The Hall–Kier alpha value is -1.37. The summed E-state index contributed by atoms with van der Waals surface area (Å²) in [5, 5.41) is 2.69. The predicted octanol–water partition coefficient (Wildman–Crippen LogP) is 4.06. The van der Waals surface area contributed by atoms with Crippen molar-refractivity contribution in [2.75, 3.05) is 0 Å². The van der Waals surface area contributed by atoms with Crippen molar-refractivity contribution in [3.05, 3.63) is 41.2 Å². The van der Waals surface area contributed by atoms with E-state index in [1.54, 1.807) is 0 Å². The first-order valence-corrected chi connectivity index (χ1v) is 6.15. The monoisotopic (exact) mass is 213 g/mol. The van der Waals surface area contributed by atoms with Gasteiger partial charge in [-0.3, -0.25) is 4.98 Å². The normalized spacial score (nSPS) is 10.9. The molecule has 0 radical (unpaired) electrons. The van der Waals surface area contributed by atoms with Gasteiger partial charge in [-0.1, -0.05) is 44.5 Å². The first kappa shape index (κ1) is 11.1. The fourth-order valence-corrected chi connectivity index (χ4v) is 2.39.